The number of thiophene rings is 1. The zero-order chi connectivity index (χ0) is 7.02. The monoisotopic (exact) mass is 333 g/mol. The van der Waals surface area contributed by atoms with Gasteiger partial charge in [0.15, 0.2) is 0 Å². The van der Waals surface area contributed by atoms with Crippen LogP contribution in [0.5, 0.6) is 0 Å². The second-order valence-electron chi connectivity index (χ2n) is 1.37. The van der Waals surface area contributed by atoms with E-state index in [-0.39, 0.29) is 0 Å². The molecule has 5 heteroatoms. The number of nitrogens with two attached hydrogens (primary N) is 1. The molecular weight excluding hydrogens is 334 g/mol. The smallest absolute Gasteiger partial charge is 0.102 e. The third-order valence-corrected chi connectivity index (χ3v) is 5.68. The molecule has 2 N–H and O–H groups in total. The molecule has 0 spiro atoms. The second kappa shape index (κ2) is 2.90. The van der Waals surface area contributed by atoms with Gasteiger partial charge in [-0.05, 0) is 47.8 Å². The van der Waals surface area contributed by atoms with E-state index >= 15 is 0 Å². The molecular formula is C4H2Br3NS. The van der Waals surface area contributed by atoms with Gasteiger partial charge in [-0.1, -0.05) is 0 Å². The van der Waals surface area contributed by atoms with Crippen molar-refractivity contribution >= 4 is 64.1 Å². The molecule has 9 heavy (non-hydrogen) atoms. The third-order valence-electron chi connectivity index (χ3n) is 0.781. The Morgan fingerprint density at radius 2 is 1.67 bits per heavy atom. The molecule has 0 aliphatic carbocycles. The number of hydrogen-bond donors (Lipinski definition) is 1. The first kappa shape index (κ1) is 8.04. The molecule has 0 unspecified atom stereocenters. The van der Waals surface area contributed by atoms with E-state index in [0.717, 1.165) is 17.7 Å². The lowest BCUT2D eigenvalue weighted by atomic mass is 10.6. The molecule has 1 heterocycles. The van der Waals surface area contributed by atoms with Crippen LogP contribution in [-0.2, 0) is 0 Å². The molecule has 1 aromatic heterocycles. The number of halogens is 3. The molecule has 0 fully saturated rings. The van der Waals surface area contributed by atoms with E-state index in [1.165, 1.54) is 11.3 Å². The standard InChI is InChI=1S/C4H2Br3NS/c5-1-2(6)4(8)9-3(1)7/h8H2. The SMILES string of the molecule is Nc1sc(Br)c(Br)c1Br. The first-order valence-electron chi connectivity index (χ1n) is 2.01. The number of anilines is 1. The molecule has 0 radical (unpaired) electrons. The van der Waals surface area contributed by atoms with Gasteiger partial charge in [0.05, 0.1) is 12.7 Å². The van der Waals surface area contributed by atoms with Crippen LogP contribution in [0.15, 0.2) is 12.7 Å². The Labute approximate surface area is 82.0 Å². The molecule has 50 valence electrons. The summed E-state index contributed by atoms with van der Waals surface area (Å²) in [5.41, 5.74) is 5.55. The van der Waals surface area contributed by atoms with Crippen molar-refractivity contribution in [1.29, 1.82) is 0 Å². The van der Waals surface area contributed by atoms with Crippen LogP contribution in [0.25, 0.3) is 0 Å². The zero-order valence-electron chi connectivity index (χ0n) is 4.12. The van der Waals surface area contributed by atoms with E-state index < -0.39 is 0 Å². The van der Waals surface area contributed by atoms with E-state index in [9.17, 15) is 0 Å². The van der Waals surface area contributed by atoms with Gasteiger partial charge in [-0.25, -0.2) is 0 Å². The first-order chi connectivity index (χ1) is 4.13. The van der Waals surface area contributed by atoms with Crippen LogP contribution in [0, 0.1) is 0 Å². The fourth-order valence-electron chi connectivity index (χ4n) is 0.381. The average Bonchev–Trinajstić information content (AvgIpc) is 1.98. The van der Waals surface area contributed by atoms with Crippen LogP contribution >= 0.6 is 59.1 Å². The fourth-order valence-corrected chi connectivity index (χ4v) is 3.10. The van der Waals surface area contributed by atoms with E-state index in [2.05, 4.69) is 47.8 Å². The Balaban J connectivity index is 3.29. The van der Waals surface area contributed by atoms with Gasteiger partial charge in [-0.2, -0.15) is 0 Å². The summed E-state index contributed by atoms with van der Waals surface area (Å²) in [6, 6.07) is 0. The van der Waals surface area contributed by atoms with E-state index in [4.69, 9.17) is 5.73 Å². The van der Waals surface area contributed by atoms with Gasteiger partial charge in [-0.15, -0.1) is 11.3 Å². The summed E-state index contributed by atoms with van der Waals surface area (Å²) in [6.07, 6.45) is 0. The minimum absolute atomic E-state index is 0.786. The maximum Gasteiger partial charge on any atom is 0.102 e. The van der Waals surface area contributed by atoms with Crippen molar-refractivity contribution in [3.63, 3.8) is 0 Å². The summed E-state index contributed by atoms with van der Waals surface area (Å²) < 4.78 is 2.94. The molecule has 0 saturated heterocycles. The zero-order valence-corrected chi connectivity index (χ0v) is 9.69. The Morgan fingerprint density at radius 1 is 1.11 bits per heavy atom. The molecule has 1 aromatic rings. The predicted molar refractivity (Wildman–Crippen MR) is 51.8 cm³/mol. The lowest BCUT2D eigenvalue weighted by molar-refractivity contribution is 1.73. The lowest BCUT2D eigenvalue weighted by Crippen LogP contribution is -1.76. The quantitative estimate of drug-likeness (QED) is 0.770. The van der Waals surface area contributed by atoms with Crippen LogP contribution in [0.2, 0.25) is 0 Å². The molecule has 1 nitrogen and oxygen atoms in total. The van der Waals surface area contributed by atoms with Gasteiger partial charge < -0.3 is 5.73 Å². The van der Waals surface area contributed by atoms with Crippen molar-refractivity contribution in [2.45, 2.75) is 0 Å². The topological polar surface area (TPSA) is 26.0 Å². The molecule has 1 rings (SSSR count). The molecule has 0 saturated carbocycles. The fraction of sp³-hybridized carbons (Fsp3) is 0. The maximum atomic E-state index is 5.55. The van der Waals surface area contributed by atoms with Crippen LogP contribution in [0.3, 0.4) is 0 Å². The summed E-state index contributed by atoms with van der Waals surface area (Å²) in [5.74, 6) is 0. The molecule has 0 aliphatic rings. The first-order valence-corrected chi connectivity index (χ1v) is 5.21. The predicted octanol–water partition coefficient (Wildman–Crippen LogP) is 3.62. The highest BCUT2D eigenvalue weighted by atomic mass is 79.9. The van der Waals surface area contributed by atoms with Gasteiger partial charge in [0.25, 0.3) is 0 Å². The summed E-state index contributed by atoms with van der Waals surface area (Å²) in [5, 5.41) is 0.786. The Bertz CT molecular complexity index is 209. The minimum Gasteiger partial charge on any atom is -0.390 e. The summed E-state index contributed by atoms with van der Waals surface area (Å²) in [7, 11) is 0. The van der Waals surface area contributed by atoms with Gasteiger partial charge in [0.1, 0.15) is 5.00 Å². The highest BCUT2D eigenvalue weighted by Crippen LogP contribution is 2.42. The molecule has 0 bridgehead atoms. The maximum absolute atomic E-state index is 5.55. The number of hydrogen-bond acceptors (Lipinski definition) is 2. The van der Waals surface area contributed by atoms with E-state index in [1.54, 1.807) is 0 Å². The van der Waals surface area contributed by atoms with E-state index in [0.29, 0.717) is 0 Å². The van der Waals surface area contributed by atoms with Crippen molar-refractivity contribution in [3.8, 4) is 0 Å². The minimum atomic E-state index is 0.786. The Morgan fingerprint density at radius 3 is 1.78 bits per heavy atom. The number of nitrogen functional groups attached to an aromatic ring is 1. The number of rotatable bonds is 0. The summed E-state index contributed by atoms with van der Waals surface area (Å²) in [4.78, 5) is 0. The average molecular weight is 336 g/mol. The lowest BCUT2D eigenvalue weighted by Gasteiger charge is -1.83. The highest BCUT2D eigenvalue weighted by Gasteiger charge is 2.08. The summed E-state index contributed by atoms with van der Waals surface area (Å²) in [6.45, 7) is 0. The highest BCUT2D eigenvalue weighted by molar-refractivity contribution is 9.14. The van der Waals surface area contributed by atoms with Crippen molar-refractivity contribution in [3.05, 3.63) is 12.7 Å². The van der Waals surface area contributed by atoms with Crippen molar-refractivity contribution in [1.82, 2.24) is 0 Å². The van der Waals surface area contributed by atoms with E-state index in [1.807, 2.05) is 0 Å². The molecule has 0 amide bonds. The van der Waals surface area contributed by atoms with Gasteiger partial charge in [0.2, 0.25) is 0 Å². The molecule has 0 atom stereocenters. The van der Waals surface area contributed by atoms with Crippen molar-refractivity contribution in [2.24, 2.45) is 0 Å². The molecule has 0 aromatic carbocycles. The Kier molecular flexibility index (Phi) is 2.59. The van der Waals surface area contributed by atoms with Crippen LogP contribution < -0.4 is 5.73 Å². The van der Waals surface area contributed by atoms with Gasteiger partial charge in [0, 0.05) is 0 Å². The second-order valence-corrected chi connectivity index (χ2v) is 5.32. The summed E-state index contributed by atoms with van der Waals surface area (Å²) >= 11 is 11.5. The van der Waals surface area contributed by atoms with Gasteiger partial charge >= 0.3 is 0 Å². The van der Waals surface area contributed by atoms with Crippen LogP contribution in [-0.4, -0.2) is 0 Å². The van der Waals surface area contributed by atoms with Crippen LogP contribution in [0.4, 0.5) is 5.00 Å². The normalized spacial score (nSPS) is 10.1. The van der Waals surface area contributed by atoms with Gasteiger partial charge in [-0.3, -0.25) is 0 Å². The Hall–Kier alpha value is 0.940. The molecule has 0 aliphatic heterocycles. The van der Waals surface area contributed by atoms with Crippen molar-refractivity contribution in [2.75, 3.05) is 5.73 Å². The van der Waals surface area contributed by atoms with Crippen LogP contribution in [0.1, 0.15) is 0 Å². The third kappa shape index (κ3) is 1.50. The van der Waals surface area contributed by atoms with Crippen molar-refractivity contribution < 1.29 is 0 Å². The largest absolute Gasteiger partial charge is 0.390 e.